The van der Waals surface area contributed by atoms with Gasteiger partial charge in [0, 0.05) is 23.3 Å². The summed E-state index contributed by atoms with van der Waals surface area (Å²) in [6.45, 7) is 3.11. The molecule has 94 valence electrons. The molecule has 0 radical (unpaired) electrons. The van der Waals surface area contributed by atoms with Gasteiger partial charge in [0.05, 0.1) is 0 Å². The number of anilines is 1. The molecule has 0 saturated heterocycles. The summed E-state index contributed by atoms with van der Waals surface area (Å²) in [7, 11) is 0. The average molecular weight is 253 g/mol. The molecule has 17 heavy (non-hydrogen) atoms. The van der Waals surface area contributed by atoms with Crippen LogP contribution in [-0.2, 0) is 0 Å². The Morgan fingerprint density at radius 1 is 1.41 bits per heavy atom. The largest absolute Gasteiger partial charge is 0.385 e. The van der Waals surface area contributed by atoms with E-state index in [1.807, 2.05) is 12.1 Å². The second-order valence-electron chi connectivity index (χ2n) is 5.13. The van der Waals surface area contributed by atoms with Crippen LogP contribution in [0.4, 0.5) is 5.69 Å². The molecule has 3 heteroatoms. The van der Waals surface area contributed by atoms with Crippen LogP contribution in [-0.4, -0.2) is 12.6 Å². The third-order valence-corrected chi connectivity index (χ3v) is 3.84. The van der Waals surface area contributed by atoms with E-state index in [9.17, 15) is 0 Å². The van der Waals surface area contributed by atoms with Crippen molar-refractivity contribution in [3.63, 3.8) is 0 Å². The predicted molar refractivity (Wildman–Crippen MR) is 74.6 cm³/mol. The van der Waals surface area contributed by atoms with E-state index in [1.165, 1.54) is 24.8 Å². The fraction of sp³-hybridized carbons (Fsp3) is 0.571. The van der Waals surface area contributed by atoms with Crippen LogP contribution in [0.15, 0.2) is 18.2 Å². The highest BCUT2D eigenvalue weighted by atomic mass is 35.5. The SMILES string of the molecule is Cc1ccc(Cl)cc1NCC1CCCC(N)C1. The fourth-order valence-electron chi connectivity index (χ4n) is 2.56. The Morgan fingerprint density at radius 2 is 2.24 bits per heavy atom. The van der Waals surface area contributed by atoms with E-state index in [2.05, 4.69) is 18.3 Å². The zero-order valence-electron chi connectivity index (χ0n) is 10.4. The highest BCUT2D eigenvalue weighted by molar-refractivity contribution is 6.30. The van der Waals surface area contributed by atoms with Gasteiger partial charge in [-0.05, 0) is 49.8 Å². The molecular weight excluding hydrogens is 232 g/mol. The number of aryl methyl sites for hydroxylation is 1. The van der Waals surface area contributed by atoms with Gasteiger partial charge in [-0.1, -0.05) is 24.1 Å². The normalized spacial score (nSPS) is 24.6. The monoisotopic (exact) mass is 252 g/mol. The van der Waals surface area contributed by atoms with Crippen molar-refractivity contribution in [1.29, 1.82) is 0 Å². The molecule has 2 unspecified atom stereocenters. The first-order chi connectivity index (χ1) is 8.15. The van der Waals surface area contributed by atoms with Gasteiger partial charge in [0.2, 0.25) is 0 Å². The van der Waals surface area contributed by atoms with Gasteiger partial charge in [0.25, 0.3) is 0 Å². The zero-order valence-corrected chi connectivity index (χ0v) is 11.1. The molecule has 0 aromatic heterocycles. The third-order valence-electron chi connectivity index (χ3n) is 3.60. The van der Waals surface area contributed by atoms with Gasteiger partial charge in [-0.15, -0.1) is 0 Å². The summed E-state index contributed by atoms with van der Waals surface area (Å²) < 4.78 is 0. The van der Waals surface area contributed by atoms with Crippen molar-refractivity contribution in [3.05, 3.63) is 28.8 Å². The topological polar surface area (TPSA) is 38.0 Å². The molecule has 2 rings (SSSR count). The molecule has 1 aliphatic rings. The van der Waals surface area contributed by atoms with E-state index in [4.69, 9.17) is 17.3 Å². The number of benzene rings is 1. The average Bonchev–Trinajstić information content (AvgIpc) is 2.30. The summed E-state index contributed by atoms with van der Waals surface area (Å²) in [4.78, 5) is 0. The van der Waals surface area contributed by atoms with Gasteiger partial charge in [-0.3, -0.25) is 0 Å². The number of halogens is 1. The molecule has 2 atom stereocenters. The molecule has 0 bridgehead atoms. The first-order valence-electron chi connectivity index (χ1n) is 6.41. The maximum absolute atomic E-state index is 6.00. The highest BCUT2D eigenvalue weighted by Gasteiger charge is 2.18. The van der Waals surface area contributed by atoms with Crippen LogP contribution in [0.3, 0.4) is 0 Å². The van der Waals surface area contributed by atoms with Crippen molar-refractivity contribution in [1.82, 2.24) is 0 Å². The minimum Gasteiger partial charge on any atom is -0.385 e. The summed E-state index contributed by atoms with van der Waals surface area (Å²) in [5.74, 6) is 0.706. The van der Waals surface area contributed by atoms with E-state index in [-0.39, 0.29) is 0 Å². The molecule has 2 nitrogen and oxygen atoms in total. The van der Waals surface area contributed by atoms with Gasteiger partial charge < -0.3 is 11.1 Å². The van der Waals surface area contributed by atoms with Crippen LogP contribution < -0.4 is 11.1 Å². The fourth-order valence-corrected chi connectivity index (χ4v) is 2.73. The van der Waals surface area contributed by atoms with Gasteiger partial charge in [0.15, 0.2) is 0 Å². The van der Waals surface area contributed by atoms with Crippen LogP contribution in [0, 0.1) is 12.8 Å². The molecule has 1 saturated carbocycles. The van der Waals surface area contributed by atoms with E-state index in [1.54, 1.807) is 0 Å². The minimum atomic E-state index is 0.399. The minimum absolute atomic E-state index is 0.399. The first-order valence-corrected chi connectivity index (χ1v) is 6.78. The lowest BCUT2D eigenvalue weighted by Crippen LogP contribution is -2.31. The second kappa shape index (κ2) is 5.74. The van der Waals surface area contributed by atoms with Gasteiger partial charge in [-0.25, -0.2) is 0 Å². The van der Waals surface area contributed by atoms with Crippen molar-refractivity contribution >= 4 is 17.3 Å². The van der Waals surface area contributed by atoms with Gasteiger partial charge in [0.1, 0.15) is 0 Å². The quantitative estimate of drug-likeness (QED) is 0.863. The summed E-state index contributed by atoms with van der Waals surface area (Å²) in [5, 5.41) is 4.29. The molecule has 0 aliphatic heterocycles. The summed E-state index contributed by atoms with van der Waals surface area (Å²) in [5.41, 5.74) is 8.39. The molecule has 0 heterocycles. The van der Waals surface area contributed by atoms with E-state index >= 15 is 0 Å². The first kappa shape index (κ1) is 12.7. The van der Waals surface area contributed by atoms with Crippen molar-refractivity contribution in [2.75, 3.05) is 11.9 Å². The van der Waals surface area contributed by atoms with Crippen LogP contribution in [0.2, 0.25) is 5.02 Å². The van der Waals surface area contributed by atoms with E-state index in [0.29, 0.717) is 12.0 Å². The Hall–Kier alpha value is -0.730. The number of nitrogens with one attached hydrogen (secondary N) is 1. The third kappa shape index (κ3) is 3.62. The Balaban J connectivity index is 1.90. The van der Waals surface area contributed by atoms with Crippen LogP contribution in [0.1, 0.15) is 31.2 Å². The molecular formula is C14H21ClN2. The van der Waals surface area contributed by atoms with Crippen molar-refractivity contribution in [2.24, 2.45) is 11.7 Å². The second-order valence-corrected chi connectivity index (χ2v) is 5.57. The smallest absolute Gasteiger partial charge is 0.0426 e. The lowest BCUT2D eigenvalue weighted by Gasteiger charge is -2.27. The summed E-state index contributed by atoms with van der Waals surface area (Å²) in [6.07, 6.45) is 4.89. The van der Waals surface area contributed by atoms with Crippen molar-refractivity contribution in [2.45, 2.75) is 38.6 Å². The Morgan fingerprint density at radius 3 is 3.00 bits per heavy atom. The molecule has 1 aromatic carbocycles. The Bertz CT molecular complexity index is 378. The predicted octanol–water partition coefficient (Wildman–Crippen LogP) is 3.58. The molecule has 0 amide bonds. The summed E-state index contributed by atoms with van der Waals surface area (Å²) in [6, 6.07) is 6.38. The Kier molecular flexibility index (Phi) is 4.30. The lowest BCUT2D eigenvalue weighted by molar-refractivity contribution is 0.335. The summed E-state index contributed by atoms with van der Waals surface area (Å²) >= 11 is 6.00. The standard InChI is InChI=1S/C14H21ClN2/c1-10-5-6-12(15)8-14(10)17-9-11-3-2-4-13(16)7-11/h5-6,8,11,13,17H,2-4,7,9,16H2,1H3. The Labute approximate surface area is 109 Å². The van der Waals surface area contributed by atoms with E-state index < -0.39 is 0 Å². The number of nitrogens with two attached hydrogens (primary N) is 1. The maximum Gasteiger partial charge on any atom is 0.0426 e. The molecule has 1 fully saturated rings. The number of hydrogen-bond donors (Lipinski definition) is 2. The van der Waals surface area contributed by atoms with E-state index in [0.717, 1.165) is 23.7 Å². The molecule has 1 aliphatic carbocycles. The van der Waals surface area contributed by atoms with Gasteiger partial charge in [-0.2, -0.15) is 0 Å². The highest BCUT2D eigenvalue weighted by Crippen LogP contribution is 2.25. The van der Waals surface area contributed by atoms with Crippen molar-refractivity contribution in [3.8, 4) is 0 Å². The van der Waals surface area contributed by atoms with Crippen LogP contribution in [0.25, 0.3) is 0 Å². The zero-order chi connectivity index (χ0) is 12.3. The van der Waals surface area contributed by atoms with Crippen LogP contribution in [0.5, 0.6) is 0 Å². The molecule has 3 N–H and O–H groups in total. The maximum atomic E-state index is 6.00. The number of hydrogen-bond acceptors (Lipinski definition) is 2. The van der Waals surface area contributed by atoms with Gasteiger partial charge >= 0.3 is 0 Å². The number of rotatable bonds is 3. The molecule has 0 spiro atoms. The molecule has 1 aromatic rings. The van der Waals surface area contributed by atoms with Crippen LogP contribution >= 0.6 is 11.6 Å². The lowest BCUT2D eigenvalue weighted by atomic mass is 9.86. The van der Waals surface area contributed by atoms with Crippen molar-refractivity contribution < 1.29 is 0 Å².